The lowest BCUT2D eigenvalue weighted by atomic mass is 9.81. The topological polar surface area (TPSA) is 76.4 Å². The third-order valence-electron chi connectivity index (χ3n) is 3.89. The van der Waals surface area contributed by atoms with Crippen molar-refractivity contribution in [1.29, 1.82) is 0 Å². The van der Waals surface area contributed by atoms with Gasteiger partial charge in [-0.15, -0.1) is 0 Å². The normalized spacial score (nSPS) is 29.1. The number of hydrogen-bond acceptors (Lipinski definition) is 4. The Morgan fingerprint density at radius 2 is 2.06 bits per heavy atom. The van der Waals surface area contributed by atoms with Crippen molar-refractivity contribution >= 4 is 5.96 Å². The van der Waals surface area contributed by atoms with E-state index in [1.807, 2.05) is 0 Å². The van der Waals surface area contributed by atoms with E-state index in [1.165, 1.54) is 17.7 Å². The number of guanidine groups is 1. The van der Waals surface area contributed by atoms with E-state index < -0.39 is 5.66 Å². The molecule has 2 rings (SSSR count). The molecule has 0 bridgehead atoms. The summed E-state index contributed by atoms with van der Waals surface area (Å²) >= 11 is 0. The summed E-state index contributed by atoms with van der Waals surface area (Å²) in [6.45, 7) is 4.34. The Bertz CT molecular complexity index is 341. The molecule has 4 nitrogen and oxygen atoms in total. The minimum absolute atomic E-state index is 0.385. The SMILES string of the molecule is CCC(CC)C1(N)N=C(N)NC2=C1CCC2. The molecule has 5 N–H and O–H groups in total. The number of allylic oxidation sites excluding steroid dienone is 1. The fourth-order valence-corrected chi connectivity index (χ4v) is 3.02. The molecule has 0 radical (unpaired) electrons. The molecule has 0 spiro atoms. The highest BCUT2D eigenvalue weighted by Gasteiger charge is 2.42. The zero-order chi connectivity index (χ0) is 11.8. The molecule has 0 aromatic carbocycles. The Kier molecular flexibility index (Phi) is 2.93. The van der Waals surface area contributed by atoms with Crippen LogP contribution in [0.1, 0.15) is 46.0 Å². The second-order valence-corrected chi connectivity index (χ2v) is 4.77. The Morgan fingerprint density at radius 1 is 1.38 bits per heavy atom. The van der Waals surface area contributed by atoms with Crippen molar-refractivity contribution in [3.05, 3.63) is 11.3 Å². The summed E-state index contributed by atoms with van der Waals surface area (Å²) in [5.74, 6) is 0.867. The largest absolute Gasteiger partial charge is 0.370 e. The van der Waals surface area contributed by atoms with Gasteiger partial charge >= 0.3 is 0 Å². The van der Waals surface area contributed by atoms with E-state index in [1.54, 1.807) is 0 Å². The Morgan fingerprint density at radius 3 is 2.69 bits per heavy atom. The number of nitrogens with zero attached hydrogens (tertiary/aromatic N) is 1. The van der Waals surface area contributed by atoms with Crippen LogP contribution in [0.2, 0.25) is 0 Å². The molecule has 0 aromatic heterocycles. The van der Waals surface area contributed by atoms with Crippen molar-refractivity contribution in [3.8, 4) is 0 Å². The molecule has 0 saturated heterocycles. The number of aliphatic imine (C=N–C) groups is 1. The van der Waals surface area contributed by atoms with Gasteiger partial charge in [0.2, 0.25) is 0 Å². The van der Waals surface area contributed by atoms with Gasteiger partial charge in [-0.1, -0.05) is 13.8 Å². The van der Waals surface area contributed by atoms with E-state index in [0.717, 1.165) is 25.7 Å². The minimum atomic E-state index is -0.551. The number of nitrogens with one attached hydrogen (secondary N) is 1. The maximum Gasteiger partial charge on any atom is 0.195 e. The van der Waals surface area contributed by atoms with Crippen LogP contribution in [0.5, 0.6) is 0 Å². The van der Waals surface area contributed by atoms with Gasteiger partial charge in [0.05, 0.1) is 0 Å². The van der Waals surface area contributed by atoms with Gasteiger partial charge in [0.25, 0.3) is 0 Å². The predicted molar refractivity (Wildman–Crippen MR) is 66.6 cm³/mol. The van der Waals surface area contributed by atoms with Crippen LogP contribution in [0.4, 0.5) is 0 Å². The Labute approximate surface area is 97.2 Å². The third kappa shape index (κ3) is 1.61. The highest BCUT2D eigenvalue weighted by molar-refractivity contribution is 5.82. The van der Waals surface area contributed by atoms with Crippen molar-refractivity contribution in [1.82, 2.24) is 5.32 Å². The molecule has 0 saturated carbocycles. The average molecular weight is 222 g/mol. The Hall–Kier alpha value is -1.03. The lowest BCUT2D eigenvalue weighted by molar-refractivity contribution is 0.298. The first-order valence-electron chi connectivity index (χ1n) is 6.25. The fraction of sp³-hybridized carbons (Fsp3) is 0.750. The van der Waals surface area contributed by atoms with E-state index in [0.29, 0.717) is 11.9 Å². The van der Waals surface area contributed by atoms with Crippen molar-refractivity contribution in [2.24, 2.45) is 22.4 Å². The number of nitrogens with two attached hydrogens (primary N) is 2. The van der Waals surface area contributed by atoms with Gasteiger partial charge in [0.1, 0.15) is 5.66 Å². The van der Waals surface area contributed by atoms with Crippen molar-refractivity contribution < 1.29 is 0 Å². The molecule has 90 valence electrons. The van der Waals surface area contributed by atoms with Gasteiger partial charge in [-0.05, 0) is 37.7 Å². The summed E-state index contributed by atoms with van der Waals surface area (Å²) in [6.07, 6.45) is 5.37. The highest BCUT2D eigenvalue weighted by atomic mass is 15.2. The molecule has 16 heavy (non-hydrogen) atoms. The predicted octanol–water partition coefficient (Wildman–Crippen LogP) is 1.43. The maximum absolute atomic E-state index is 6.53. The lowest BCUT2D eigenvalue weighted by Gasteiger charge is -2.38. The van der Waals surface area contributed by atoms with Crippen molar-refractivity contribution in [2.75, 3.05) is 0 Å². The second kappa shape index (κ2) is 4.09. The van der Waals surface area contributed by atoms with Gasteiger partial charge in [0, 0.05) is 11.6 Å². The van der Waals surface area contributed by atoms with Crippen LogP contribution < -0.4 is 16.8 Å². The first kappa shape index (κ1) is 11.5. The molecule has 0 aromatic rings. The van der Waals surface area contributed by atoms with E-state index in [9.17, 15) is 0 Å². The summed E-state index contributed by atoms with van der Waals surface area (Å²) in [7, 11) is 0. The molecule has 1 unspecified atom stereocenters. The zero-order valence-corrected chi connectivity index (χ0v) is 10.2. The van der Waals surface area contributed by atoms with Crippen molar-refractivity contribution in [3.63, 3.8) is 0 Å². The molecule has 4 heteroatoms. The highest BCUT2D eigenvalue weighted by Crippen LogP contribution is 2.40. The molecule has 1 aliphatic carbocycles. The summed E-state index contributed by atoms with van der Waals surface area (Å²) in [5.41, 5.74) is 14.3. The molecule has 1 heterocycles. The quantitative estimate of drug-likeness (QED) is 0.676. The smallest absolute Gasteiger partial charge is 0.195 e. The second-order valence-electron chi connectivity index (χ2n) is 4.77. The standard InChI is InChI=1S/C12H22N4/c1-3-8(4-2)12(14)9-6-5-7-10(9)15-11(13)16-12/h8H,3-7,14H2,1-2H3,(H3,13,15,16). The minimum Gasteiger partial charge on any atom is -0.370 e. The van der Waals surface area contributed by atoms with Gasteiger partial charge in [0.15, 0.2) is 5.96 Å². The van der Waals surface area contributed by atoms with Gasteiger partial charge in [-0.3, -0.25) is 0 Å². The summed E-state index contributed by atoms with van der Waals surface area (Å²) in [5, 5.41) is 3.16. The van der Waals surface area contributed by atoms with Gasteiger partial charge in [-0.2, -0.15) is 0 Å². The number of hydrogen-bond donors (Lipinski definition) is 3. The van der Waals surface area contributed by atoms with Gasteiger partial charge in [-0.25, -0.2) is 4.99 Å². The van der Waals surface area contributed by atoms with E-state index >= 15 is 0 Å². The zero-order valence-electron chi connectivity index (χ0n) is 10.2. The third-order valence-corrected chi connectivity index (χ3v) is 3.89. The van der Waals surface area contributed by atoms with Crippen LogP contribution in [0, 0.1) is 5.92 Å². The molecule has 1 atom stereocenters. The summed E-state index contributed by atoms with van der Waals surface area (Å²) in [6, 6.07) is 0. The first-order chi connectivity index (χ1) is 7.61. The van der Waals surface area contributed by atoms with Gasteiger partial charge < -0.3 is 16.8 Å². The van der Waals surface area contributed by atoms with Crippen LogP contribution in [0.15, 0.2) is 16.3 Å². The Balaban J connectivity index is 2.39. The molecular formula is C12H22N4. The molecule has 0 amide bonds. The van der Waals surface area contributed by atoms with Crippen LogP contribution >= 0.6 is 0 Å². The van der Waals surface area contributed by atoms with Crippen LogP contribution in [0.25, 0.3) is 0 Å². The average Bonchev–Trinajstić information content (AvgIpc) is 2.67. The van der Waals surface area contributed by atoms with Crippen LogP contribution in [-0.2, 0) is 0 Å². The summed E-state index contributed by atoms with van der Waals surface area (Å²) < 4.78 is 0. The molecule has 1 aliphatic heterocycles. The van der Waals surface area contributed by atoms with Crippen molar-refractivity contribution in [2.45, 2.75) is 51.6 Å². The summed E-state index contributed by atoms with van der Waals surface area (Å²) in [4.78, 5) is 4.50. The fourth-order valence-electron chi connectivity index (χ4n) is 3.02. The van der Waals surface area contributed by atoms with E-state index in [2.05, 4.69) is 24.2 Å². The lowest BCUT2D eigenvalue weighted by Crippen LogP contribution is -2.53. The molecular weight excluding hydrogens is 200 g/mol. The van der Waals surface area contributed by atoms with E-state index in [4.69, 9.17) is 11.5 Å². The first-order valence-corrected chi connectivity index (χ1v) is 6.25. The van der Waals surface area contributed by atoms with E-state index in [-0.39, 0.29) is 0 Å². The molecule has 0 fully saturated rings. The monoisotopic (exact) mass is 222 g/mol. The number of rotatable bonds is 3. The molecule has 2 aliphatic rings. The van der Waals surface area contributed by atoms with Crippen LogP contribution in [0.3, 0.4) is 0 Å². The maximum atomic E-state index is 6.53. The van der Waals surface area contributed by atoms with Crippen LogP contribution in [-0.4, -0.2) is 11.6 Å².